The highest BCUT2D eigenvalue weighted by molar-refractivity contribution is 7.98. The zero-order valence-electron chi connectivity index (χ0n) is 14.5. The Hall–Kier alpha value is -2.11. The number of carbonyl (C=O) groups excluding carboxylic acids is 1. The second-order valence-electron chi connectivity index (χ2n) is 6.01. The molecule has 0 atom stereocenters. The monoisotopic (exact) mass is 368 g/mol. The number of nitrogens with zero attached hydrogens (tertiary/aromatic N) is 1. The maximum Gasteiger partial charge on any atom is 0.257 e. The summed E-state index contributed by atoms with van der Waals surface area (Å²) in [5.74, 6) is 0.717. The van der Waals surface area contributed by atoms with E-state index in [-0.39, 0.29) is 5.91 Å². The fourth-order valence-corrected chi connectivity index (χ4v) is 4.14. The maximum atomic E-state index is 12.4. The third-order valence-electron chi connectivity index (χ3n) is 3.75. The van der Waals surface area contributed by atoms with Crippen molar-refractivity contribution in [1.82, 2.24) is 4.98 Å². The van der Waals surface area contributed by atoms with Gasteiger partial charge in [-0.1, -0.05) is 29.8 Å². The van der Waals surface area contributed by atoms with E-state index in [0.717, 1.165) is 17.0 Å². The number of hydrogen-bond donors (Lipinski definition) is 1. The van der Waals surface area contributed by atoms with Crippen molar-refractivity contribution >= 4 is 34.1 Å². The molecular weight excluding hydrogens is 348 g/mol. The van der Waals surface area contributed by atoms with Crippen molar-refractivity contribution in [2.75, 3.05) is 5.32 Å². The number of hydrogen-bond acceptors (Lipinski definition) is 4. The van der Waals surface area contributed by atoms with Crippen LogP contribution < -0.4 is 5.32 Å². The van der Waals surface area contributed by atoms with Crippen molar-refractivity contribution in [3.05, 3.63) is 75.8 Å². The molecule has 25 heavy (non-hydrogen) atoms. The lowest BCUT2D eigenvalue weighted by Crippen LogP contribution is -2.11. The average Bonchev–Trinajstić information content (AvgIpc) is 2.99. The zero-order valence-corrected chi connectivity index (χ0v) is 16.1. The van der Waals surface area contributed by atoms with Gasteiger partial charge in [-0.2, -0.15) is 0 Å². The average molecular weight is 369 g/mol. The van der Waals surface area contributed by atoms with Crippen LogP contribution in [0, 0.1) is 20.8 Å². The second kappa shape index (κ2) is 7.85. The Morgan fingerprint density at radius 3 is 2.72 bits per heavy atom. The highest BCUT2D eigenvalue weighted by Gasteiger charge is 2.09. The minimum atomic E-state index is -0.118. The van der Waals surface area contributed by atoms with E-state index >= 15 is 0 Å². The molecule has 0 unspecified atom stereocenters. The lowest BCUT2D eigenvalue weighted by molar-refractivity contribution is 0.102. The first-order chi connectivity index (χ1) is 12.0. The van der Waals surface area contributed by atoms with Gasteiger partial charge < -0.3 is 0 Å². The number of amides is 1. The van der Waals surface area contributed by atoms with Gasteiger partial charge in [-0.3, -0.25) is 10.1 Å². The minimum absolute atomic E-state index is 0.118. The molecule has 1 heterocycles. The highest BCUT2D eigenvalue weighted by Crippen LogP contribution is 2.27. The van der Waals surface area contributed by atoms with E-state index in [1.165, 1.54) is 27.4 Å². The lowest BCUT2D eigenvalue weighted by Gasteiger charge is -2.08. The molecule has 0 saturated carbocycles. The quantitative estimate of drug-likeness (QED) is 0.595. The molecule has 0 spiro atoms. The lowest BCUT2D eigenvalue weighted by atomic mass is 10.1. The van der Waals surface area contributed by atoms with E-state index in [1.54, 1.807) is 11.8 Å². The number of thioether (sulfide) groups is 1. The third-order valence-corrected chi connectivity index (χ3v) is 5.88. The van der Waals surface area contributed by atoms with Crippen molar-refractivity contribution in [2.24, 2.45) is 0 Å². The molecule has 1 amide bonds. The van der Waals surface area contributed by atoms with Crippen molar-refractivity contribution < 1.29 is 4.79 Å². The number of aromatic nitrogens is 1. The van der Waals surface area contributed by atoms with Crippen LogP contribution in [-0.4, -0.2) is 10.9 Å². The first-order valence-corrected chi connectivity index (χ1v) is 9.90. The van der Waals surface area contributed by atoms with Gasteiger partial charge in [-0.25, -0.2) is 4.98 Å². The van der Waals surface area contributed by atoms with Crippen LogP contribution in [0.5, 0.6) is 0 Å². The number of nitrogens with one attached hydrogen (secondary N) is 1. The summed E-state index contributed by atoms with van der Waals surface area (Å²) in [4.78, 5) is 17.9. The van der Waals surface area contributed by atoms with E-state index in [1.807, 2.05) is 30.5 Å². The summed E-state index contributed by atoms with van der Waals surface area (Å²) >= 11 is 3.23. The molecule has 0 aliphatic rings. The van der Waals surface area contributed by atoms with Gasteiger partial charge in [0.15, 0.2) is 5.13 Å². The molecule has 0 bridgehead atoms. The highest BCUT2D eigenvalue weighted by atomic mass is 32.2. The number of thiazole rings is 1. The fourth-order valence-electron chi connectivity index (χ4n) is 2.51. The molecule has 0 aliphatic carbocycles. The molecule has 5 heteroatoms. The predicted molar refractivity (Wildman–Crippen MR) is 107 cm³/mol. The molecule has 0 fully saturated rings. The van der Waals surface area contributed by atoms with E-state index in [0.29, 0.717) is 10.7 Å². The zero-order chi connectivity index (χ0) is 17.8. The van der Waals surface area contributed by atoms with Crippen LogP contribution in [0.1, 0.15) is 32.7 Å². The second-order valence-corrected chi connectivity index (χ2v) is 7.88. The summed E-state index contributed by atoms with van der Waals surface area (Å²) in [7, 11) is 0. The number of rotatable bonds is 5. The molecular formula is C20H20N2OS2. The van der Waals surface area contributed by atoms with Gasteiger partial charge in [0.05, 0.1) is 5.69 Å². The molecule has 0 aliphatic heterocycles. The first kappa shape index (κ1) is 17.7. The molecule has 1 aromatic heterocycles. The van der Waals surface area contributed by atoms with Crippen LogP contribution in [0.4, 0.5) is 5.13 Å². The molecule has 2 aromatic carbocycles. The van der Waals surface area contributed by atoms with Crippen molar-refractivity contribution in [2.45, 2.75) is 31.4 Å². The third kappa shape index (κ3) is 4.71. The Morgan fingerprint density at radius 1 is 1.16 bits per heavy atom. The SMILES string of the molecule is Cc1ccc(SCc2cccc(C(=O)Nc3nc(C)cs3)c2)c(C)c1. The van der Waals surface area contributed by atoms with Crippen molar-refractivity contribution in [1.29, 1.82) is 0 Å². The summed E-state index contributed by atoms with van der Waals surface area (Å²) in [6, 6.07) is 14.3. The summed E-state index contributed by atoms with van der Waals surface area (Å²) in [5.41, 5.74) is 5.27. The predicted octanol–water partition coefficient (Wildman–Crippen LogP) is 5.61. The summed E-state index contributed by atoms with van der Waals surface area (Å²) in [6.45, 7) is 6.15. The molecule has 3 rings (SSSR count). The number of benzene rings is 2. The molecule has 0 saturated heterocycles. The van der Waals surface area contributed by atoms with Gasteiger partial charge in [0, 0.05) is 21.6 Å². The smallest absolute Gasteiger partial charge is 0.257 e. The Kier molecular flexibility index (Phi) is 5.56. The van der Waals surface area contributed by atoms with E-state index in [9.17, 15) is 4.79 Å². The summed E-state index contributed by atoms with van der Waals surface area (Å²) in [5, 5.41) is 5.42. The Labute approximate surface area is 156 Å². The van der Waals surface area contributed by atoms with Gasteiger partial charge >= 0.3 is 0 Å². The van der Waals surface area contributed by atoms with E-state index < -0.39 is 0 Å². The largest absolute Gasteiger partial charge is 0.298 e. The Morgan fingerprint density at radius 2 is 2.00 bits per heavy atom. The maximum absolute atomic E-state index is 12.4. The Balaban J connectivity index is 1.67. The van der Waals surface area contributed by atoms with Crippen LogP contribution in [0.3, 0.4) is 0 Å². The normalized spacial score (nSPS) is 10.7. The summed E-state index contributed by atoms with van der Waals surface area (Å²) < 4.78 is 0. The van der Waals surface area contributed by atoms with E-state index in [2.05, 4.69) is 48.4 Å². The van der Waals surface area contributed by atoms with Gasteiger partial charge in [-0.05, 0) is 50.1 Å². The van der Waals surface area contributed by atoms with Crippen LogP contribution in [0.15, 0.2) is 52.7 Å². The standard InChI is InChI=1S/C20H20N2OS2/c1-13-7-8-18(14(2)9-13)24-12-16-5-4-6-17(10-16)19(23)22-20-21-15(3)11-25-20/h4-11H,12H2,1-3H3,(H,21,22,23). The van der Waals surface area contributed by atoms with Gasteiger partial charge in [-0.15, -0.1) is 23.1 Å². The van der Waals surface area contributed by atoms with Gasteiger partial charge in [0.1, 0.15) is 0 Å². The summed E-state index contributed by atoms with van der Waals surface area (Å²) in [6.07, 6.45) is 0. The number of anilines is 1. The Bertz CT molecular complexity index is 902. The molecule has 3 nitrogen and oxygen atoms in total. The van der Waals surface area contributed by atoms with Crippen LogP contribution >= 0.6 is 23.1 Å². The van der Waals surface area contributed by atoms with Crippen LogP contribution in [-0.2, 0) is 5.75 Å². The molecule has 3 aromatic rings. The van der Waals surface area contributed by atoms with Crippen LogP contribution in [0.2, 0.25) is 0 Å². The van der Waals surface area contributed by atoms with Crippen molar-refractivity contribution in [3.8, 4) is 0 Å². The first-order valence-electron chi connectivity index (χ1n) is 8.04. The van der Waals surface area contributed by atoms with Crippen molar-refractivity contribution in [3.63, 3.8) is 0 Å². The van der Waals surface area contributed by atoms with E-state index in [4.69, 9.17) is 0 Å². The molecule has 1 N–H and O–H groups in total. The number of carbonyl (C=O) groups is 1. The molecule has 128 valence electrons. The topological polar surface area (TPSA) is 42.0 Å². The minimum Gasteiger partial charge on any atom is -0.298 e. The molecule has 0 radical (unpaired) electrons. The fraction of sp³-hybridized carbons (Fsp3) is 0.200. The van der Waals surface area contributed by atoms with Gasteiger partial charge in [0.25, 0.3) is 5.91 Å². The van der Waals surface area contributed by atoms with Crippen LogP contribution in [0.25, 0.3) is 0 Å². The number of aryl methyl sites for hydroxylation is 3. The van der Waals surface area contributed by atoms with Gasteiger partial charge in [0.2, 0.25) is 0 Å².